The first-order valence-corrected chi connectivity index (χ1v) is 5.58. The predicted molar refractivity (Wildman–Crippen MR) is 68.5 cm³/mol. The van der Waals surface area contributed by atoms with E-state index in [1.807, 2.05) is 26.0 Å². The fraction of sp³-hybridized carbons (Fsp3) is 0.462. The molecule has 1 rings (SSSR count). The second kappa shape index (κ2) is 7.04. The Morgan fingerprint density at radius 2 is 1.94 bits per heavy atom. The number of rotatable bonds is 7. The molecule has 0 atom stereocenters. The van der Waals surface area contributed by atoms with Gasteiger partial charge < -0.3 is 14.6 Å². The average molecular weight is 237 g/mol. The molecular weight excluding hydrogens is 218 g/mol. The lowest BCUT2D eigenvalue weighted by Gasteiger charge is -2.11. The van der Waals surface area contributed by atoms with E-state index >= 15 is 0 Å². The predicted octanol–water partition coefficient (Wildman–Crippen LogP) is 2.02. The van der Waals surface area contributed by atoms with Gasteiger partial charge in [-0.15, -0.1) is 0 Å². The highest BCUT2D eigenvalue weighted by molar-refractivity contribution is 5.56. The summed E-state index contributed by atoms with van der Waals surface area (Å²) in [7, 11) is 0. The number of hydrogen-bond donors (Lipinski definition) is 1. The molecule has 94 valence electrons. The van der Waals surface area contributed by atoms with Crippen LogP contribution < -0.4 is 4.74 Å². The molecule has 0 aliphatic heterocycles. The number of aliphatic hydroxyl groups is 1. The lowest BCUT2D eigenvalue weighted by Crippen LogP contribution is -2.09. The Balaban J connectivity index is 2.53. The van der Waals surface area contributed by atoms with E-state index in [-0.39, 0.29) is 6.61 Å². The number of ether oxygens (including phenoxy) is 2. The third-order valence-corrected chi connectivity index (χ3v) is 2.38. The minimum atomic E-state index is 0.0395. The summed E-state index contributed by atoms with van der Waals surface area (Å²) in [6, 6.07) is 3.90. The van der Waals surface area contributed by atoms with Crippen molar-refractivity contribution in [2.45, 2.75) is 13.8 Å². The maximum absolute atomic E-state index is 8.54. The summed E-state index contributed by atoms with van der Waals surface area (Å²) < 4.78 is 10.7. The Labute approximate surface area is 102 Å². The Morgan fingerprint density at radius 3 is 2.59 bits per heavy atom. The largest absolute Gasteiger partial charge is 0.491 e. The van der Waals surface area contributed by atoms with Gasteiger partial charge in [0.05, 0.1) is 25.5 Å². The van der Waals surface area contributed by atoms with Gasteiger partial charge in [-0.05, 0) is 43.8 Å². The van der Waals surface area contributed by atoms with E-state index < -0.39 is 0 Å². The summed E-state index contributed by atoms with van der Waals surface area (Å²) in [6.07, 6.45) is 0. The highest BCUT2D eigenvalue weighted by Gasteiger charge is 2.04. The monoisotopic (exact) mass is 237 g/mol. The molecular formula is C13H19NO3. The van der Waals surface area contributed by atoms with Gasteiger partial charge >= 0.3 is 0 Å². The van der Waals surface area contributed by atoms with Crippen molar-refractivity contribution in [1.29, 1.82) is 0 Å². The molecule has 0 amide bonds. The molecule has 0 aromatic heterocycles. The highest BCUT2D eigenvalue weighted by atomic mass is 16.5. The molecule has 0 aliphatic rings. The molecule has 4 heteroatoms. The zero-order valence-electron chi connectivity index (χ0n) is 10.4. The van der Waals surface area contributed by atoms with Gasteiger partial charge in [-0.25, -0.2) is 0 Å². The van der Waals surface area contributed by atoms with Crippen LogP contribution >= 0.6 is 0 Å². The van der Waals surface area contributed by atoms with Gasteiger partial charge in [0.15, 0.2) is 0 Å². The maximum Gasteiger partial charge on any atom is 0.122 e. The van der Waals surface area contributed by atoms with E-state index in [0.29, 0.717) is 19.8 Å². The topological polar surface area (TPSA) is 51.0 Å². The number of benzene rings is 1. The van der Waals surface area contributed by atoms with Crippen molar-refractivity contribution in [3.8, 4) is 5.75 Å². The second-order valence-corrected chi connectivity index (χ2v) is 3.75. The molecule has 0 saturated heterocycles. The van der Waals surface area contributed by atoms with Crippen LogP contribution in [0.1, 0.15) is 11.1 Å². The standard InChI is InChI=1S/C13H19NO3/c1-10-9-13(11(2)8-12(10)14-3)17-7-6-16-5-4-15/h8-9,15H,3-7H2,1-2H3. The van der Waals surface area contributed by atoms with Crippen molar-refractivity contribution >= 4 is 12.4 Å². The molecule has 0 bridgehead atoms. The van der Waals surface area contributed by atoms with E-state index in [1.165, 1.54) is 0 Å². The summed E-state index contributed by atoms with van der Waals surface area (Å²) in [4.78, 5) is 3.93. The van der Waals surface area contributed by atoms with Gasteiger partial charge in [0.25, 0.3) is 0 Å². The first-order chi connectivity index (χ1) is 8.19. The molecule has 1 aromatic carbocycles. The quantitative estimate of drug-likeness (QED) is 0.583. The fourth-order valence-corrected chi connectivity index (χ4v) is 1.48. The summed E-state index contributed by atoms with van der Waals surface area (Å²) in [5.41, 5.74) is 2.95. The van der Waals surface area contributed by atoms with E-state index in [0.717, 1.165) is 22.6 Å². The Hall–Kier alpha value is -1.39. The van der Waals surface area contributed by atoms with Crippen LogP contribution in [-0.4, -0.2) is 38.3 Å². The van der Waals surface area contributed by atoms with Crippen LogP contribution in [0.2, 0.25) is 0 Å². The van der Waals surface area contributed by atoms with Gasteiger partial charge in [0, 0.05) is 0 Å². The van der Waals surface area contributed by atoms with Crippen molar-refractivity contribution in [2.24, 2.45) is 4.99 Å². The minimum Gasteiger partial charge on any atom is -0.491 e. The summed E-state index contributed by atoms with van der Waals surface area (Å²) in [6.45, 7) is 8.80. The number of aryl methyl sites for hydroxylation is 2. The van der Waals surface area contributed by atoms with Crippen molar-refractivity contribution in [3.63, 3.8) is 0 Å². The fourth-order valence-electron chi connectivity index (χ4n) is 1.48. The molecule has 0 aliphatic carbocycles. The van der Waals surface area contributed by atoms with E-state index in [1.54, 1.807) is 0 Å². The lowest BCUT2D eigenvalue weighted by molar-refractivity contribution is 0.0703. The third kappa shape index (κ3) is 4.17. The molecule has 17 heavy (non-hydrogen) atoms. The number of aliphatic imine (C=N–C) groups is 1. The second-order valence-electron chi connectivity index (χ2n) is 3.75. The van der Waals surface area contributed by atoms with E-state index in [2.05, 4.69) is 11.7 Å². The molecule has 4 nitrogen and oxygen atoms in total. The van der Waals surface area contributed by atoms with Gasteiger partial charge in [-0.2, -0.15) is 0 Å². The number of nitrogens with zero attached hydrogens (tertiary/aromatic N) is 1. The number of hydrogen-bond acceptors (Lipinski definition) is 4. The van der Waals surface area contributed by atoms with Crippen LogP contribution in [0.5, 0.6) is 5.75 Å². The maximum atomic E-state index is 8.54. The molecule has 0 spiro atoms. The van der Waals surface area contributed by atoms with Gasteiger partial charge in [0.2, 0.25) is 0 Å². The SMILES string of the molecule is C=Nc1cc(C)c(OCCOCCO)cc1C. The van der Waals surface area contributed by atoms with Crippen molar-refractivity contribution < 1.29 is 14.6 Å². The van der Waals surface area contributed by atoms with Crippen LogP contribution in [0, 0.1) is 13.8 Å². The summed E-state index contributed by atoms with van der Waals surface area (Å²) in [5, 5.41) is 8.54. The van der Waals surface area contributed by atoms with Crippen LogP contribution in [0.4, 0.5) is 5.69 Å². The lowest BCUT2D eigenvalue weighted by atomic mass is 10.1. The Kier molecular flexibility index (Phi) is 5.66. The number of aliphatic hydroxyl groups excluding tert-OH is 1. The smallest absolute Gasteiger partial charge is 0.122 e. The van der Waals surface area contributed by atoms with Gasteiger partial charge in [0.1, 0.15) is 12.4 Å². The Morgan fingerprint density at radius 1 is 1.18 bits per heavy atom. The normalized spacial score (nSPS) is 10.3. The van der Waals surface area contributed by atoms with E-state index in [4.69, 9.17) is 14.6 Å². The summed E-state index contributed by atoms with van der Waals surface area (Å²) in [5.74, 6) is 0.836. The molecule has 0 unspecified atom stereocenters. The van der Waals surface area contributed by atoms with Crippen molar-refractivity contribution in [3.05, 3.63) is 23.3 Å². The molecule has 1 N–H and O–H groups in total. The first-order valence-electron chi connectivity index (χ1n) is 5.58. The summed E-state index contributed by atoms with van der Waals surface area (Å²) >= 11 is 0. The molecule has 0 fully saturated rings. The minimum absolute atomic E-state index is 0.0395. The zero-order chi connectivity index (χ0) is 12.7. The molecule has 0 heterocycles. The van der Waals surface area contributed by atoms with Crippen LogP contribution in [-0.2, 0) is 4.74 Å². The van der Waals surface area contributed by atoms with Gasteiger partial charge in [-0.3, -0.25) is 4.99 Å². The highest BCUT2D eigenvalue weighted by Crippen LogP contribution is 2.27. The van der Waals surface area contributed by atoms with Crippen LogP contribution in [0.3, 0.4) is 0 Å². The van der Waals surface area contributed by atoms with E-state index in [9.17, 15) is 0 Å². The molecule has 0 radical (unpaired) electrons. The van der Waals surface area contributed by atoms with Gasteiger partial charge in [-0.1, -0.05) is 0 Å². The van der Waals surface area contributed by atoms with Crippen LogP contribution in [0.25, 0.3) is 0 Å². The zero-order valence-corrected chi connectivity index (χ0v) is 10.4. The molecule has 0 saturated carbocycles. The van der Waals surface area contributed by atoms with Crippen molar-refractivity contribution in [2.75, 3.05) is 26.4 Å². The average Bonchev–Trinajstić information content (AvgIpc) is 2.32. The van der Waals surface area contributed by atoms with Crippen LogP contribution in [0.15, 0.2) is 17.1 Å². The first kappa shape index (κ1) is 13.7. The molecule has 1 aromatic rings. The van der Waals surface area contributed by atoms with Crippen molar-refractivity contribution in [1.82, 2.24) is 0 Å². The Bertz CT molecular complexity index is 377. The third-order valence-electron chi connectivity index (χ3n) is 2.38.